The Labute approximate surface area is 119 Å². The van der Waals surface area contributed by atoms with Gasteiger partial charge in [-0.3, -0.25) is 0 Å². The Morgan fingerprint density at radius 3 is 2.78 bits per heavy atom. The van der Waals surface area contributed by atoms with Crippen molar-refractivity contribution in [2.45, 2.75) is 39.3 Å². The second-order valence-corrected chi connectivity index (χ2v) is 7.16. The Morgan fingerprint density at radius 2 is 2.28 bits per heavy atom. The van der Waals surface area contributed by atoms with Gasteiger partial charge in [-0.25, -0.2) is 9.78 Å². The van der Waals surface area contributed by atoms with Gasteiger partial charge in [-0.2, -0.15) is 0 Å². The second-order valence-electron chi connectivity index (χ2n) is 4.79. The number of nitrogens with zero attached hydrogens (tertiary/aromatic N) is 1. The fourth-order valence-electron chi connectivity index (χ4n) is 1.05. The number of hydrogen-bond donors (Lipinski definition) is 1. The van der Waals surface area contributed by atoms with E-state index in [4.69, 9.17) is 9.47 Å². The van der Waals surface area contributed by atoms with Gasteiger partial charge in [-0.1, -0.05) is 11.3 Å². The molecule has 5 nitrogen and oxygen atoms in total. The van der Waals surface area contributed by atoms with Crippen LogP contribution in [-0.4, -0.2) is 29.3 Å². The Bertz CT molecular complexity index is 403. The molecule has 0 aliphatic carbocycles. The predicted molar refractivity (Wildman–Crippen MR) is 74.1 cm³/mol. The van der Waals surface area contributed by atoms with Crippen molar-refractivity contribution in [3.8, 4) is 5.19 Å². The highest BCUT2D eigenvalue weighted by molar-refractivity contribution is 9.11. The number of carbonyl (C=O) groups is 1. The van der Waals surface area contributed by atoms with E-state index in [1.54, 1.807) is 6.20 Å². The summed E-state index contributed by atoms with van der Waals surface area (Å²) in [6.07, 6.45) is 1.23. The van der Waals surface area contributed by atoms with Crippen LogP contribution >= 0.6 is 27.3 Å². The van der Waals surface area contributed by atoms with Gasteiger partial charge < -0.3 is 14.8 Å². The zero-order valence-corrected chi connectivity index (χ0v) is 13.2. The lowest BCUT2D eigenvalue weighted by molar-refractivity contribution is 0.0494. The third kappa shape index (κ3) is 6.20. The third-order valence-corrected chi connectivity index (χ3v) is 3.06. The SMILES string of the molecule is C[C@@H](COc1ncc(Br)s1)NC(=O)OC(C)(C)C. The summed E-state index contributed by atoms with van der Waals surface area (Å²) in [7, 11) is 0. The van der Waals surface area contributed by atoms with Gasteiger partial charge in [0, 0.05) is 0 Å². The molecule has 0 unspecified atom stereocenters. The van der Waals surface area contributed by atoms with Gasteiger partial charge in [-0.15, -0.1) is 0 Å². The summed E-state index contributed by atoms with van der Waals surface area (Å²) in [4.78, 5) is 15.5. The molecule has 0 fully saturated rings. The molecule has 1 heterocycles. The van der Waals surface area contributed by atoms with Gasteiger partial charge in [0.2, 0.25) is 0 Å². The summed E-state index contributed by atoms with van der Waals surface area (Å²) in [5, 5.41) is 3.26. The maximum Gasteiger partial charge on any atom is 0.407 e. The van der Waals surface area contributed by atoms with Crippen LogP contribution in [0.3, 0.4) is 0 Å². The van der Waals surface area contributed by atoms with E-state index in [9.17, 15) is 4.79 Å². The van der Waals surface area contributed by atoms with E-state index in [1.807, 2.05) is 27.7 Å². The van der Waals surface area contributed by atoms with Crippen molar-refractivity contribution in [1.29, 1.82) is 0 Å². The second kappa shape index (κ2) is 6.38. The Kier molecular flexibility index (Phi) is 5.40. The Morgan fingerprint density at radius 1 is 1.61 bits per heavy atom. The summed E-state index contributed by atoms with van der Waals surface area (Å²) in [6, 6.07) is -0.150. The fourth-order valence-corrected chi connectivity index (χ4v) is 2.08. The molecule has 0 aromatic carbocycles. The highest BCUT2D eigenvalue weighted by Crippen LogP contribution is 2.25. The first-order valence-electron chi connectivity index (χ1n) is 5.50. The minimum Gasteiger partial charge on any atom is -0.468 e. The average molecular weight is 337 g/mol. The fraction of sp³-hybridized carbons (Fsp3) is 0.636. The van der Waals surface area contributed by atoms with Crippen LogP contribution in [0.4, 0.5) is 4.79 Å². The van der Waals surface area contributed by atoms with E-state index in [1.165, 1.54) is 11.3 Å². The Hall–Kier alpha value is -0.820. The van der Waals surface area contributed by atoms with Crippen molar-refractivity contribution in [3.05, 3.63) is 9.98 Å². The molecule has 0 spiro atoms. The average Bonchev–Trinajstić information content (AvgIpc) is 2.58. The number of thiazole rings is 1. The summed E-state index contributed by atoms with van der Waals surface area (Å²) in [5.74, 6) is 0. The molecule has 0 bridgehead atoms. The lowest BCUT2D eigenvalue weighted by atomic mass is 10.2. The van der Waals surface area contributed by atoms with Gasteiger partial charge in [0.15, 0.2) is 0 Å². The number of amides is 1. The summed E-state index contributed by atoms with van der Waals surface area (Å²) in [6.45, 7) is 7.65. The quantitative estimate of drug-likeness (QED) is 0.917. The monoisotopic (exact) mass is 336 g/mol. The van der Waals surface area contributed by atoms with Crippen LogP contribution in [0, 0.1) is 0 Å². The maximum atomic E-state index is 11.5. The first kappa shape index (κ1) is 15.2. The van der Waals surface area contributed by atoms with Crippen LogP contribution in [0.2, 0.25) is 0 Å². The van der Waals surface area contributed by atoms with E-state index >= 15 is 0 Å². The molecular weight excluding hydrogens is 320 g/mol. The van der Waals surface area contributed by atoms with Gasteiger partial charge >= 0.3 is 6.09 Å². The zero-order chi connectivity index (χ0) is 13.8. The summed E-state index contributed by atoms with van der Waals surface area (Å²) < 4.78 is 11.5. The molecule has 18 heavy (non-hydrogen) atoms. The first-order chi connectivity index (χ1) is 8.26. The standard InChI is InChI=1S/C11H17BrN2O3S/c1-7(14-9(15)17-11(2,3)4)6-16-10-13-5-8(12)18-10/h5,7H,6H2,1-4H3,(H,14,15)/t7-/m0/s1. The molecule has 102 valence electrons. The lowest BCUT2D eigenvalue weighted by Gasteiger charge is -2.21. The van der Waals surface area contributed by atoms with Crippen LogP contribution in [-0.2, 0) is 4.74 Å². The van der Waals surface area contributed by atoms with Crippen molar-refractivity contribution in [2.75, 3.05) is 6.61 Å². The molecule has 0 saturated carbocycles. The molecule has 1 aromatic rings. The number of ether oxygens (including phenoxy) is 2. The van der Waals surface area contributed by atoms with Crippen LogP contribution in [0.15, 0.2) is 9.98 Å². The van der Waals surface area contributed by atoms with E-state index in [-0.39, 0.29) is 6.04 Å². The minimum atomic E-state index is -0.495. The zero-order valence-electron chi connectivity index (χ0n) is 10.8. The van der Waals surface area contributed by atoms with Gasteiger partial charge in [0.1, 0.15) is 12.2 Å². The van der Waals surface area contributed by atoms with Crippen molar-refractivity contribution >= 4 is 33.4 Å². The molecule has 1 atom stereocenters. The normalized spacial score (nSPS) is 12.9. The molecule has 7 heteroatoms. The molecule has 0 aliphatic heterocycles. The molecular formula is C11H17BrN2O3S. The molecule has 0 saturated heterocycles. The van der Waals surface area contributed by atoms with Crippen LogP contribution in [0.5, 0.6) is 5.19 Å². The van der Waals surface area contributed by atoms with Crippen LogP contribution in [0.25, 0.3) is 0 Å². The molecule has 1 rings (SSSR count). The molecule has 1 amide bonds. The molecule has 1 aromatic heterocycles. The van der Waals surface area contributed by atoms with Gasteiger partial charge in [0.25, 0.3) is 5.19 Å². The van der Waals surface area contributed by atoms with Crippen LogP contribution in [0.1, 0.15) is 27.7 Å². The smallest absolute Gasteiger partial charge is 0.407 e. The van der Waals surface area contributed by atoms with Crippen molar-refractivity contribution in [3.63, 3.8) is 0 Å². The van der Waals surface area contributed by atoms with Crippen LogP contribution < -0.4 is 10.1 Å². The summed E-state index contributed by atoms with van der Waals surface area (Å²) in [5.41, 5.74) is -0.495. The van der Waals surface area contributed by atoms with E-state index in [2.05, 4.69) is 26.2 Å². The van der Waals surface area contributed by atoms with E-state index in [0.29, 0.717) is 11.8 Å². The number of alkyl carbamates (subject to hydrolysis) is 1. The van der Waals surface area contributed by atoms with Gasteiger partial charge in [0.05, 0.1) is 16.0 Å². The predicted octanol–water partition coefficient (Wildman–Crippen LogP) is 3.20. The van der Waals surface area contributed by atoms with Crippen molar-refractivity contribution < 1.29 is 14.3 Å². The minimum absolute atomic E-state index is 0.150. The highest BCUT2D eigenvalue weighted by Gasteiger charge is 2.18. The largest absolute Gasteiger partial charge is 0.468 e. The van der Waals surface area contributed by atoms with E-state index < -0.39 is 11.7 Å². The maximum absolute atomic E-state index is 11.5. The molecule has 0 aliphatic rings. The third-order valence-electron chi connectivity index (χ3n) is 1.68. The topological polar surface area (TPSA) is 60.5 Å². The molecule has 1 N–H and O–H groups in total. The van der Waals surface area contributed by atoms with Crippen molar-refractivity contribution in [1.82, 2.24) is 10.3 Å². The number of carbonyl (C=O) groups excluding carboxylic acids is 1. The Balaban J connectivity index is 2.29. The first-order valence-corrected chi connectivity index (χ1v) is 7.11. The summed E-state index contributed by atoms with van der Waals surface area (Å²) >= 11 is 4.70. The van der Waals surface area contributed by atoms with Gasteiger partial charge in [-0.05, 0) is 43.6 Å². The number of halogens is 1. The number of aromatic nitrogens is 1. The number of rotatable bonds is 4. The number of nitrogens with one attached hydrogen (secondary N) is 1. The van der Waals surface area contributed by atoms with Crippen molar-refractivity contribution in [2.24, 2.45) is 0 Å². The van der Waals surface area contributed by atoms with E-state index in [0.717, 1.165) is 3.79 Å². The lowest BCUT2D eigenvalue weighted by Crippen LogP contribution is -2.40. The number of hydrogen-bond acceptors (Lipinski definition) is 5. The highest BCUT2D eigenvalue weighted by atomic mass is 79.9. The molecule has 0 radical (unpaired) electrons.